The maximum Gasteiger partial charge on any atom is 0.407 e. The van der Waals surface area contributed by atoms with Crippen molar-refractivity contribution in [3.05, 3.63) is 78.2 Å². The number of piperazine rings is 1. The number of aliphatic hydroxyl groups is 1. The average molecular weight is 546 g/mol. The minimum Gasteiger partial charge on any atom is -0.465 e. The van der Waals surface area contributed by atoms with Crippen LogP contribution in [0, 0.1) is 0 Å². The van der Waals surface area contributed by atoms with E-state index in [1.807, 2.05) is 65.2 Å². The Labute approximate surface area is 233 Å². The number of aromatic nitrogens is 2. The molecular weight excluding hydrogens is 510 g/mol. The summed E-state index contributed by atoms with van der Waals surface area (Å²) in [5, 5.41) is 19.9. The lowest BCUT2D eigenvalue weighted by atomic mass is 10.0. The number of carbonyl (C=O) groups excluding carboxylic acids is 2. The van der Waals surface area contributed by atoms with Crippen LogP contribution in [0.3, 0.4) is 0 Å². The highest BCUT2D eigenvalue weighted by atomic mass is 16.4. The van der Waals surface area contributed by atoms with Gasteiger partial charge in [0, 0.05) is 38.3 Å². The van der Waals surface area contributed by atoms with E-state index in [4.69, 9.17) is 0 Å². The van der Waals surface area contributed by atoms with Crippen molar-refractivity contribution in [2.45, 2.75) is 44.4 Å². The van der Waals surface area contributed by atoms with Crippen molar-refractivity contribution < 1.29 is 24.6 Å². The van der Waals surface area contributed by atoms with Crippen LogP contribution in [-0.2, 0) is 11.2 Å². The molecule has 2 aliphatic rings. The maximum absolute atomic E-state index is 14.2. The Hall–Kier alpha value is -4.18. The molecule has 10 heteroatoms. The van der Waals surface area contributed by atoms with Crippen molar-refractivity contribution in [3.8, 4) is 11.3 Å². The number of carboxylic acid groups (broad SMARTS) is 1. The first kappa shape index (κ1) is 27.4. The van der Waals surface area contributed by atoms with Gasteiger partial charge in [0.2, 0.25) is 0 Å². The molecule has 2 aliphatic heterocycles. The van der Waals surface area contributed by atoms with Crippen LogP contribution in [0.15, 0.2) is 67.0 Å². The molecule has 40 heavy (non-hydrogen) atoms. The molecule has 2 aromatic carbocycles. The summed E-state index contributed by atoms with van der Waals surface area (Å²) < 4.78 is 1.97. The molecule has 2 atom stereocenters. The minimum absolute atomic E-state index is 0.112. The Kier molecular flexibility index (Phi) is 7.62. The normalized spacial score (nSPS) is 19.6. The average Bonchev–Trinajstić information content (AvgIpc) is 3.60. The Bertz CT molecular complexity index is 1370. The lowest BCUT2D eigenvalue weighted by molar-refractivity contribution is -0.146. The van der Waals surface area contributed by atoms with Crippen LogP contribution in [0.4, 0.5) is 4.79 Å². The van der Waals surface area contributed by atoms with Crippen LogP contribution < -0.4 is 0 Å². The first-order valence-electron chi connectivity index (χ1n) is 13.6. The number of hydrogen-bond acceptors (Lipinski definition) is 5. The molecule has 3 heterocycles. The van der Waals surface area contributed by atoms with Crippen LogP contribution in [0.2, 0.25) is 0 Å². The van der Waals surface area contributed by atoms with Crippen molar-refractivity contribution in [2.75, 3.05) is 32.7 Å². The van der Waals surface area contributed by atoms with Crippen LogP contribution in [0.25, 0.3) is 11.3 Å². The van der Waals surface area contributed by atoms with Crippen molar-refractivity contribution in [1.29, 1.82) is 0 Å². The highest BCUT2D eigenvalue weighted by Crippen LogP contribution is 2.33. The second kappa shape index (κ2) is 11.1. The molecule has 0 radical (unpaired) electrons. The van der Waals surface area contributed by atoms with E-state index in [0.29, 0.717) is 37.3 Å². The van der Waals surface area contributed by atoms with Crippen LogP contribution in [0.1, 0.15) is 42.4 Å². The van der Waals surface area contributed by atoms with E-state index in [1.165, 1.54) is 18.7 Å². The van der Waals surface area contributed by atoms with E-state index >= 15 is 0 Å². The number of amides is 3. The van der Waals surface area contributed by atoms with Crippen molar-refractivity contribution in [2.24, 2.45) is 0 Å². The molecule has 3 aromatic rings. The Morgan fingerprint density at radius 3 is 2.25 bits per heavy atom. The fourth-order valence-electron chi connectivity index (χ4n) is 5.71. The van der Waals surface area contributed by atoms with Gasteiger partial charge >= 0.3 is 6.09 Å². The standard InChI is InChI=1S/C30H35N5O5/c1-30(2,40)28(37)32-14-13-23(18-32)35-20-31-25(26(35)22-11-7-4-8-12-22)27(36)34-16-15-33(29(38)39)19-24(34)17-21-9-5-3-6-10-21/h3-12,20,23-24,40H,13-19H2,1-2H3,(H,38,39)/t23-,24-/m1/s1. The van der Waals surface area contributed by atoms with Gasteiger partial charge in [-0.15, -0.1) is 0 Å². The minimum atomic E-state index is -1.46. The molecule has 3 amide bonds. The van der Waals surface area contributed by atoms with Gasteiger partial charge in [0.05, 0.1) is 24.1 Å². The Morgan fingerprint density at radius 1 is 0.925 bits per heavy atom. The molecule has 0 bridgehead atoms. The molecule has 0 saturated carbocycles. The summed E-state index contributed by atoms with van der Waals surface area (Å²) in [7, 11) is 0. The summed E-state index contributed by atoms with van der Waals surface area (Å²) in [6.07, 6.45) is 1.86. The number of likely N-dealkylation sites (tertiary alicyclic amines) is 1. The van der Waals surface area contributed by atoms with Gasteiger partial charge in [0.1, 0.15) is 5.60 Å². The highest BCUT2D eigenvalue weighted by molar-refractivity contribution is 5.98. The van der Waals surface area contributed by atoms with Crippen molar-refractivity contribution in [3.63, 3.8) is 0 Å². The zero-order chi connectivity index (χ0) is 28.4. The van der Waals surface area contributed by atoms with Gasteiger partial charge in [-0.1, -0.05) is 60.7 Å². The molecule has 0 unspecified atom stereocenters. The summed E-state index contributed by atoms with van der Waals surface area (Å²) in [6, 6.07) is 18.9. The van der Waals surface area contributed by atoms with E-state index in [-0.39, 0.29) is 43.5 Å². The lowest BCUT2D eigenvalue weighted by Crippen LogP contribution is -2.57. The molecule has 1 aromatic heterocycles. The van der Waals surface area contributed by atoms with E-state index < -0.39 is 11.7 Å². The van der Waals surface area contributed by atoms with E-state index in [2.05, 4.69) is 4.98 Å². The van der Waals surface area contributed by atoms with Crippen LogP contribution in [-0.4, -0.2) is 96.7 Å². The number of carbonyl (C=O) groups is 3. The first-order valence-corrected chi connectivity index (χ1v) is 13.6. The topological polar surface area (TPSA) is 119 Å². The third-order valence-electron chi connectivity index (χ3n) is 7.74. The molecule has 10 nitrogen and oxygen atoms in total. The number of hydrogen-bond donors (Lipinski definition) is 2. The van der Waals surface area contributed by atoms with Crippen LogP contribution in [0.5, 0.6) is 0 Å². The van der Waals surface area contributed by atoms with Gasteiger partial charge in [0.25, 0.3) is 11.8 Å². The van der Waals surface area contributed by atoms with Gasteiger partial charge in [-0.05, 0) is 32.3 Å². The van der Waals surface area contributed by atoms with Gasteiger partial charge in [-0.2, -0.15) is 0 Å². The molecule has 0 spiro atoms. The molecule has 2 saturated heterocycles. The smallest absolute Gasteiger partial charge is 0.407 e. The first-order chi connectivity index (χ1) is 19.1. The monoisotopic (exact) mass is 545 g/mol. The quantitative estimate of drug-likeness (QED) is 0.491. The fraction of sp³-hybridized carbons (Fsp3) is 0.400. The van der Waals surface area contributed by atoms with E-state index in [1.54, 1.807) is 16.1 Å². The van der Waals surface area contributed by atoms with E-state index in [9.17, 15) is 24.6 Å². The van der Waals surface area contributed by atoms with Crippen molar-refractivity contribution >= 4 is 17.9 Å². The Morgan fingerprint density at radius 2 is 1.60 bits per heavy atom. The fourth-order valence-corrected chi connectivity index (χ4v) is 5.71. The molecule has 0 aliphatic carbocycles. The number of nitrogens with zero attached hydrogens (tertiary/aromatic N) is 5. The summed E-state index contributed by atoms with van der Waals surface area (Å²) in [5.74, 6) is -0.571. The number of imidazole rings is 1. The van der Waals surface area contributed by atoms with Crippen molar-refractivity contribution in [1.82, 2.24) is 24.3 Å². The third kappa shape index (κ3) is 5.58. The molecule has 2 fully saturated rings. The van der Waals surface area contributed by atoms with Crippen LogP contribution >= 0.6 is 0 Å². The van der Waals surface area contributed by atoms with Gasteiger partial charge in [-0.25, -0.2) is 9.78 Å². The Balaban J connectivity index is 1.48. The molecule has 210 valence electrons. The third-order valence-corrected chi connectivity index (χ3v) is 7.74. The molecule has 2 N–H and O–H groups in total. The zero-order valence-corrected chi connectivity index (χ0v) is 22.8. The summed E-state index contributed by atoms with van der Waals surface area (Å²) in [6.45, 7) is 4.59. The lowest BCUT2D eigenvalue weighted by Gasteiger charge is -2.40. The maximum atomic E-state index is 14.2. The predicted molar refractivity (Wildman–Crippen MR) is 149 cm³/mol. The molecule has 5 rings (SSSR count). The molecular formula is C30H35N5O5. The summed E-state index contributed by atoms with van der Waals surface area (Å²) in [4.78, 5) is 48.1. The van der Waals surface area contributed by atoms with Gasteiger partial charge in [0.15, 0.2) is 5.69 Å². The van der Waals surface area contributed by atoms with Gasteiger partial charge < -0.3 is 29.5 Å². The highest BCUT2D eigenvalue weighted by Gasteiger charge is 2.38. The van der Waals surface area contributed by atoms with Gasteiger partial charge in [-0.3, -0.25) is 9.59 Å². The number of benzene rings is 2. The largest absolute Gasteiger partial charge is 0.465 e. The predicted octanol–water partition coefficient (Wildman–Crippen LogP) is 3.14. The zero-order valence-electron chi connectivity index (χ0n) is 22.8. The summed E-state index contributed by atoms with van der Waals surface area (Å²) in [5.41, 5.74) is 1.37. The number of rotatable bonds is 6. The second-order valence-corrected chi connectivity index (χ2v) is 11.0. The van der Waals surface area contributed by atoms with E-state index in [0.717, 1.165) is 11.1 Å². The summed E-state index contributed by atoms with van der Waals surface area (Å²) >= 11 is 0. The second-order valence-electron chi connectivity index (χ2n) is 11.0. The SMILES string of the molecule is CC(C)(O)C(=O)N1CC[C@@H](n2cnc(C(=O)N3CCN(C(=O)O)C[C@H]3Cc3ccccc3)c2-c2ccccc2)C1.